The van der Waals surface area contributed by atoms with Crippen LogP contribution in [0.15, 0.2) is 35.6 Å². The van der Waals surface area contributed by atoms with Crippen LogP contribution in [0.4, 0.5) is 0 Å². The predicted octanol–water partition coefficient (Wildman–Crippen LogP) is 4.81. The molecule has 0 bridgehead atoms. The summed E-state index contributed by atoms with van der Waals surface area (Å²) in [4.78, 5) is 7.02. The molecule has 0 aliphatic heterocycles. The Balaban J connectivity index is 2.84. The van der Waals surface area contributed by atoms with E-state index in [-0.39, 0.29) is 0 Å². The molecule has 3 nitrogen and oxygen atoms in total. The Kier molecular flexibility index (Phi) is 9.98. The van der Waals surface area contributed by atoms with E-state index >= 15 is 0 Å². The Morgan fingerprint density at radius 1 is 1.16 bits per heavy atom. The van der Waals surface area contributed by atoms with Gasteiger partial charge in [0.1, 0.15) is 5.84 Å². The van der Waals surface area contributed by atoms with Gasteiger partial charge in [-0.1, -0.05) is 52.8 Å². The SMILES string of the molecule is CCCN(/C=C/N=C(/Cc1ccc(CC)cc1CC)NC)CC(C)C. The van der Waals surface area contributed by atoms with Crippen molar-refractivity contribution in [2.45, 2.75) is 60.3 Å². The number of likely N-dealkylation sites (N-methyl/N-ethyl adjacent to an activating group) is 1. The lowest BCUT2D eigenvalue weighted by atomic mass is 9.98. The number of aryl methyl sites for hydroxylation is 2. The third-order valence-corrected chi connectivity index (χ3v) is 4.32. The van der Waals surface area contributed by atoms with Gasteiger partial charge in [-0.05, 0) is 41.9 Å². The third-order valence-electron chi connectivity index (χ3n) is 4.32. The zero-order chi connectivity index (χ0) is 18.7. The van der Waals surface area contributed by atoms with Gasteiger partial charge in [0.2, 0.25) is 0 Å². The minimum Gasteiger partial charge on any atom is -0.376 e. The van der Waals surface area contributed by atoms with Gasteiger partial charge in [-0.15, -0.1) is 0 Å². The summed E-state index contributed by atoms with van der Waals surface area (Å²) in [5, 5.41) is 3.26. The van der Waals surface area contributed by atoms with Gasteiger partial charge in [0.05, 0.1) is 0 Å². The molecule has 0 spiro atoms. The van der Waals surface area contributed by atoms with Crippen molar-refractivity contribution in [2.24, 2.45) is 10.9 Å². The molecule has 0 fully saturated rings. The van der Waals surface area contributed by atoms with Crippen LogP contribution >= 0.6 is 0 Å². The van der Waals surface area contributed by atoms with Gasteiger partial charge in [0, 0.05) is 39.0 Å². The zero-order valence-electron chi connectivity index (χ0n) is 17.1. The van der Waals surface area contributed by atoms with Crippen LogP contribution in [0.3, 0.4) is 0 Å². The molecule has 0 atom stereocenters. The molecule has 0 amide bonds. The van der Waals surface area contributed by atoms with E-state index in [1.54, 1.807) is 0 Å². The molecule has 1 aromatic carbocycles. The first kappa shape index (κ1) is 21.3. The van der Waals surface area contributed by atoms with E-state index < -0.39 is 0 Å². The van der Waals surface area contributed by atoms with Gasteiger partial charge in [0.25, 0.3) is 0 Å². The van der Waals surface area contributed by atoms with Crippen LogP contribution in [0.2, 0.25) is 0 Å². The number of rotatable bonds is 10. The number of nitrogens with one attached hydrogen (secondary N) is 1. The van der Waals surface area contributed by atoms with E-state index in [2.05, 4.69) is 74.2 Å². The van der Waals surface area contributed by atoms with E-state index in [0.29, 0.717) is 5.92 Å². The average Bonchev–Trinajstić information content (AvgIpc) is 2.60. The minimum absolute atomic E-state index is 0.660. The van der Waals surface area contributed by atoms with Crippen molar-refractivity contribution in [1.82, 2.24) is 10.2 Å². The van der Waals surface area contributed by atoms with Crippen LogP contribution in [-0.4, -0.2) is 30.9 Å². The first-order valence-corrected chi connectivity index (χ1v) is 9.79. The molecule has 1 rings (SSSR count). The maximum atomic E-state index is 4.67. The second-order valence-corrected chi connectivity index (χ2v) is 7.00. The van der Waals surface area contributed by atoms with E-state index in [1.165, 1.54) is 16.7 Å². The molecule has 0 saturated carbocycles. The number of benzene rings is 1. The predicted molar refractivity (Wildman–Crippen MR) is 111 cm³/mol. The first-order chi connectivity index (χ1) is 12.0. The van der Waals surface area contributed by atoms with E-state index in [9.17, 15) is 0 Å². The molecule has 25 heavy (non-hydrogen) atoms. The third kappa shape index (κ3) is 7.76. The lowest BCUT2D eigenvalue weighted by Gasteiger charge is -2.21. The van der Waals surface area contributed by atoms with Crippen LogP contribution in [-0.2, 0) is 19.3 Å². The van der Waals surface area contributed by atoms with Crippen LogP contribution < -0.4 is 5.32 Å². The molecular weight excluding hydrogens is 306 g/mol. The Morgan fingerprint density at radius 3 is 2.48 bits per heavy atom. The molecule has 3 heteroatoms. The molecule has 0 heterocycles. The summed E-state index contributed by atoms with van der Waals surface area (Å²) >= 11 is 0. The average molecular weight is 344 g/mol. The van der Waals surface area contributed by atoms with Gasteiger partial charge in [-0.25, -0.2) is 4.99 Å². The summed E-state index contributed by atoms with van der Waals surface area (Å²) in [6, 6.07) is 6.84. The largest absolute Gasteiger partial charge is 0.376 e. The summed E-state index contributed by atoms with van der Waals surface area (Å²) in [6.45, 7) is 13.3. The molecule has 140 valence electrons. The molecule has 0 radical (unpaired) electrons. The molecule has 0 unspecified atom stereocenters. The number of hydrogen-bond donors (Lipinski definition) is 1. The fraction of sp³-hybridized carbons (Fsp3) is 0.591. The van der Waals surface area contributed by atoms with Crippen molar-refractivity contribution in [2.75, 3.05) is 20.1 Å². The van der Waals surface area contributed by atoms with E-state index in [1.807, 2.05) is 13.2 Å². The molecule has 0 aliphatic carbocycles. The topological polar surface area (TPSA) is 27.6 Å². The normalized spacial score (nSPS) is 12.2. The standard InChI is InChI=1S/C22H37N3/c1-7-13-25(17-18(4)5)14-12-24-22(23-6)16-21-11-10-19(8-2)15-20(21)9-3/h10-12,14-15,18H,7-9,13,16-17H2,1-6H3,(H,23,24)/b14-12+. The number of nitrogens with zero attached hydrogens (tertiary/aromatic N) is 2. The number of hydrogen-bond acceptors (Lipinski definition) is 2. The second kappa shape index (κ2) is 11.7. The van der Waals surface area contributed by atoms with Gasteiger partial charge < -0.3 is 10.2 Å². The minimum atomic E-state index is 0.660. The summed E-state index contributed by atoms with van der Waals surface area (Å²) in [7, 11) is 1.95. The van der Waals surface area contributed by atoms with Crippen molar-refractivity contribution < 1.29 is 0 Å². The fourth-order valence-corrected chi connectivity index (χ4v) is 2.98. The van der Waals surface area contributed by atoms with Crippen molar-refractivity contribution in [3.05, 3.63) is 47.3 Å². The summed E-state index contributed by atoms with van der Waals surface area (Å²) in [5.74, 6) is 1.67. The molecular formula is C22H37N3. The first-order valence-electron chi connectivity index (χ1n) is 9.79. The molecule has 0 saturated heterocycles. The maximum Gasteiger partial charge on any atom is 0.106 e. The lowest BCUT2D eigenvalue weighted by molar-refractivity contribution is 0.330. The highest BCUT2D eigenvalue weighted by Gasteiger charge is 2.06. The Hall–Kier alpha value is -1.77. The molecule has 1 N–H and O–H groups in total. The van der Waals surface area contributed by atoms with Crippen LogP contribution in [0.5, 0.6) is 0 Å². The highest BCUT2D eigenvalue weighted by Crippen LogP contribution is 2.14. The van der Waals surface area contributed by atoms with E-state index in [0.717, 1.165) is 44.6 Å². The Morgan fingerprint density at radius 2 is 1.92 bits per heavy atom. The summed E-state index contributed by atoms with van der Waals surface area (Å²) in [5.41, 5.74) is 4.21. The van der Waals surface area contributed by atoms with Gasteiger partial charge in [-0.2, -0.15) is 0 Å². The zero-order valence-corrected chi connectivity index (χ0v) is 17.1. The van der Waals surface area contributed by atoms with E-state index in [4.69, 9.17) is 0 Å². The molecule has 1 aromatic rings. The number of amidine groups is 1. The highest BCUT2D eigenvalue weighted by molar-refractivity contribution is 5.85. The highest BCUT2D eigenvalue weighted by atomic mass is 15.1. The maximum absolute atomic E-state index is 4.67. The van der Waals surface area contributed by atoms with Gasteiger partial charge >= 0.3 is 0 Å². The quantitative estimate of drug-likeness (QED) is 0.487. The summed E-state index contributed by atoms with van der Waals surface area (Å²) < 4.78 is 0. The second-order valence-electron chi connectivity index (χ2n) is 7.00. The van der Waals surface area contributed by atoms with Crippen LogP contribution in [0, 0.1) is 5.92 Å². The van der Waals surface area contributed by atoms with Crippen molar-refractivity contribution in [1.29, 1.82) is 0 Å². The summed E-state index contributed by atoms with van der Waals surface area (Å²) in [6.07, 6.45) is 8.23. The van der Waals surface area contributed by atoms with Crippen LogP contribution in [0.1, 0.15) is 57.7 Å². The number of aliphatic imine (C=N–C) groups is 1. The fourth-order valence-electron chi connectivity index (χ4n) is 2.98. The molecule has 0 aliphatic rings. The monoisotopic (exact) mass is 343 g/mol. The smallest absolute Gasteiger partial charge is 0.106 e. The lowest BCUT2D eigenvalue weighted by Crippen LogP contribution is -2.23. The Labute approximate surface area is 155 Å². The molecule has 0 aromatic heterocycles. The van der Waals surface area contributed by atoms with Crippen molar-refractivity contribution in [3.63, 3.8) is 0 Å². The van der Waals surface area contributed by atoms with Crippen molar-refractivity contribution in [3.8, 4) is 0 Å². The van der Waals surface area contributed by atoms with Gasteiger partial charge in [-0.3, -0.25) is 0 Å². The Bertz CT molecular complexity index is 558. The van der Waals surface area contributed by atoms with Gasteiger partial charge in [0.15, 0.2) is 0 Å². The van der Waals surface area contributed by atoms with Crippen LogP contribution in [0.25, 0.3) is 0 Å². The van der Waals surface area contributed by atoms with Crippen molar-refractivity contribution >= 4 is 5.84 Å².